The molecule has 11 heavy (non-hydrogen) atoms. The topological polar surface area (TPSA) is 52.9 Å². The molecule has 0 unspecified atom stereocenters. The van der Waals surface area contributed by atoms with Crippen LogP contribution in [-0.4, -0.2) is 18.0 Å². The zero-order valence-electron chi connectivity index (χ0n) is 7.53. The van der Waals surface area contributed by atoms with Crippen LogP contribution in [0.1, 0.15) is 33.6 Å². The Labute approximate surface area is 68.3 Å². The third-order valence-electron chi connectivity index (χ3n) is 1.38. The van der Waals surface area contributed by atoms with E-state index in [2.05, 4.69) is 12.2 Å². The van der Waals surface area contributed by atoms with Gasteiger partial charge in [0.05, 0.1) is 0 Å². The van der Waals surface area contributed by atoms with E-state index in [1.807, 2.05) is 0 Å². The average molecular weight is 157 g/mol. The molecule has 0 saturated carbocycles. The van der Waals surface area contributed by atoms with E-state index in [4.69, 9.17) is 5.73 Å². The van der Waals surface area contributed by atoms with E-state index in [9.17, 15) is 4.79 Å². The summed E-state index contributed by atoms with van der Waals surface area (Å²) in [5, 5.41) is 2.70. The van der Waals surface area contributed by atoms with Crippen molar-refractivity contribution < 1.29 is 4.79 Å². The van der Waals surface area contributed by atoms with Crippen LogP contribution in [0.5, 0.6) is 0 Å². The van der Waals surface area contributed by atoms with Crippen LogP contribution in [-0.2, 0) is 4.79 Å². The molecule has 0 spiro atoms. The monoisotopic (exact) mass is 157 g/mol. The van der Waals surface area contributed by atoms with E-state index < -0.39 is 5.54 Å². The van der Waals surface area contributed by atoms with Gasteiger partial charge in [0.1, 0.15) is 5.54 Å². The highest BCUT2D eigenvalue weighted by molar-refractivity contribution is 5.84. The van der Waals surface area contributed by atoms with Crippen LogP contribution in [0.4, 0.5) is 0 Å². The normalized spacial score (nSPS) is 11.3. The van der Waals surface area contributed by atoms with Gasteiger partial charge in [0.25, 0.3) is 0 Å². The van der Waals surface area contributed by atoms with Crippen molar-refractivity contribution in [1.29, 1.82) is 0 Å². The zero-order valence-corrected chi connectivity index (χ0v) is 7.53. The lowest BCUT2D eigenvalue weighted by atomic mass is 10.1. The van der Waals surface area contributed by atoms with E-state index in [0.29, 0.717) is 6.54 Å². The molecule has 0 saturated heterocycles. The van der Waals surface area contributed by atoms with Crippen LogP contribution in [0.3, 0.4) is 0 Å². The van der Waals surface area contributed by atoms with Crippen molar-refractivity contribution in [3.63, 3.8) is 0 Å². The van der Waals surface area contributed by atoms with Crippen LogP contribution in [0, 0.1) is 0 Å². The van der Waals surface area contributed by atoms with Gasteiger partial charge in [-0.3, -0.25) is 4.79 Å². The summed E-state index contributed by atoms with van der Waals surface area (Å²) < 4.78 is 0. The fourth-order valence-corrected chi connectivity index (χ4v) is 0.600. The van der Waals surface area contributed by atoms with Crippen LogP contribution in [0.15, 0.2) is 0 Å². The second-order valence-electron chi connectivity index (χ2n) is 3.23. The molecular formula is C8H17N2O. The van der Waals surface area contributed by atoms with Crippen molar-refractivity contribution in [3.05, 3.63) is 0 Å². The minimum Gasteiger partial charge on any atom is -0.354 e. The molecule has 0 fully saturated rings. The van der Waals surface area contributed by atoms with Crippen molar-refractivity contribution in [2.75, 3.05) is 6.54 Å². The number of carbonyl (C=O) groups excluding carboxylic acids is 1. The number of hydrogen-bond donors (Lipinski definition) is 1. The van der Waals surface area contributed by atoms with Crippen LogP contribution in [0.25, 0.3) is 0 Å². The summed E-state index contributed by atoms with van der Waals surface area (Å²) in [7, 11) is 0. The lowest BCUT2D eigenvalue weighted by Crippen LogP contribution is -2.43. The van der Waals surface area contributed by atoms with Gasteiger partial charge in [-0.2, -0.15) is 0 Å². The van der Waals surface area contributed by atoms with E-state index in [0.717, 1.165) is 12.8 Å². The molecule has 0 aliphatic rings. The Morgan fingerprint density at radius 2 is 2.09 bits per heavy atom. The molecule has 0 aromatic heterocycles. The van der Waals surface area contributed by atoms with Crippen molar-refractivity contribution in [2.24, 2.45) is 0 Å². The first kappa shape index (κ1) is 10.4. The molecule has 0 atom stereocenters. The van der Waals surface area contributed by atoms with Gasteiger partial charge in [-0.25, -0.2) is 5.73 Å². The Morgan fingerprint density at radius 1 is 1.55 bits per heavy atom. The Hall–Kier alpha value is -0.570. The maximum atomic E-state index is 11.0. The summed E-state index contributed by atoms with van der Waals surface area (Å²) in [6.07, 6.45) is 2.06. The van der Waals surface area contributed by atoms with E-state index in [-0.39, 0.29) is 5.91 Å². The number of rotatable bonds is 4. The van der Waals surface area contributed by atoms with Crippen molar-refractivity contribution >= 4 is 5.91 Å². The smallest absolute Gasteiger partial charge is 0.241 e. The summed E-state index contributed by atoms with van der Waals surface area (Å²) in [5.74, 6) is -0.189. The standard InChI is InChI=1S/C8H17N2O/c1-4-5-6-10-7(11)8(2,3)9/h9H,4-6H2,1-3H3,(H,10,11). The third kappa shape index (κ3) is 4.79. The number of carbonyl (C=O) groups is 1. The molecule has 3 heteroatoms. The maximum Gasteiger partial charge on any atom is 0.241 e. The van der Waals surface area contributed by atoms with Gasteiger partial charge in [0.2, 0.25) is 5.91 Å². The fraction of sp³-hybridized carbons (Fsp3) is 0.875. The summed E-state index contributed by atoms with van der Waals surface area (Å²) in [6, 6.07) is 0. The van der Waals surface area contributed by atoms with Gasteiger partial charge >= 0.3 is 0 Å². The molecular weight excluding hydrogens is 140 g/mol. The predicted molar refractivity (Wildman–Crippen MR) is 45.1 cm³/mol. The molecule has 1 radical (unpaired) electrons. The second-order valence-corrected chi connectivity index (χ2v) is 3.23. The molecule has 3 nitrogen and oxygen atoms in total. The van der Waals surface area contributed by atoms with Gasteiger partial charge in [-0.05, 0) is 20.3 Å². The zero-order chi connectivity index (χ0) is 8.91. The molecule has 0 aliphatic heterocycles. The highest BCUT2D eigenvalue weighted by Crippen LogP contribution is 1.98. The third-order valence-corrected chi connectivity index (χ3v) is 1.38. The molecule has 0 aromatic carbocycles. The van der Waals surface area contributed by atoms with Crippen molar-refractivity contribution in [2.45, 2.75) is 39.2 Å². The predicted octanol–water partition coefficient (Wildman–Crippen LogP) is 0.964. The lowest BCUT2D eigenvalue weighted by Gasteiger charge is -2.16. The van der Waals surface area contributed by atoms with E-state index in [1.54, 1.807) is 13.8 Å². The van der Waals surface area contributed by atoms with Gasteiger partial charge in [-0.1, -0.05) is 13.3 Å². The molecule has 65 valence electrons. The largest absolute Gasteiger partial charge is 0.354 e. The van der Waals surface area contributed by atoms with E-state index in [1.165, 1.54) is 0 Å². The van der Waals surface area contributed by atoms with Gasteiger partial charge in [0.15, 0.2) is 0 Å². The summed E-state index contributed by atoms with van der Waals surface area (Å²) in [4.78, 5) is 11.0. The Kier molecular flexibility index (Phi) is 4.11. The van der Waals surface area contributed by atoms with Crippen LogP contribution < -0.4 is 11.1 Å². The molecule has 0 rings (SSSR count). The van der Waals surface area contributed by atoms with Gasteiger partial charge < -0.3 is 5.32 Å². The minimum atomic E-state index is -0.992. The SMILES string of the molecule is CCCCNC(=O)C(C)(C)[NH]. The van der Waals surface area contributed by atoms with Crippen LogP contribution in [0.2, 0.25) is 0 Å². The molecule has 0 bridgehead atoms. The number of unbranched alkanes of at least 4 members (excludes halogenated alkanes) is 1. The first-order chi connectivity index (χ1) is 4.98. The first-order valence-corrected chi connectivity index (χ1v) is 4.01. The summed E-state index contributed by atoms with van der Waals surface area (Å²) >= 11 is 0. The Bertz CT molecular complexity index is 127. The number of amides is 1. The Morgan fingerprint density at radius 3 is 2.45 bits per heavy atom. The summed E-state index contributed by atoms with van der Waals surface area (Å²) in [5.41, 5.74) is 6.37. The quantitative estimate of drug-likeness (QED) is 0.607. The van der Waals surface area contributed by atoms with Gasteiger partial charge in [0, 0.05) is 6.54 Å². The second kappa shape index (κ2) is 4.34. The summed E-state index contributed by atoms with van der Waals surface area (Å²) in [6.45, 7) is 5.94. The van der Waals surface area contributed by atoms with Crippen molar-refractivity contribution in [3.8, 4) is 0 Å². The lowest BCUT2D eigenvalue weighted by molar-refractivity contribution is -0.125. The van der Waals surface area contributed by atoms with Crippen molar-refractivity contribution in [1.82, 2.24) is 11.1 Å². The minimum absolute atomic E-state index is 0.189. The fourth-order valence-electron chi connectivity index (χ4n) is 0.600. The number of nitrogens with one attached hydrogen (secondary N) is 2. The average Bonchev–Trinajstić information content (AvgIpc) is 1.86. The molecule has 1 amide bonds. The van der Waals surface area contributed by atoms with Gasteiger partial charge in [-0.15, -0.1) is 0 Å². The highest BCUT2D eigenvalue weighted by atomic mass is 16.2. The molecule has 0 aromatic rings. The first-order valence-electron chi connectivity index (χ1n) is 4.01. The maximum absolute atomic E-state index is 11.0. The van der Waals surface area contributed by atoms with E-state index >= 15 is 0 Å². The highest BCUT2D eigenvalue weighted by Gasteiger charge is 2.21. The number of hydrogen-bond acceptors (Lipinski definition) is 1. The molecule has 0 aliphatic carbocycles. The molecule has 2 N–H and O–H groups in total. The van der Waals surface area contributed by atoms with Crippen LogP contribution >= 0.6 is 0 Å². The Balaban J connectivity index is 3.54. The molecule has 0 heterocycles.